The topological polar surface area (TPSA) is 105 Å². The van der Waals surface area contributed by atoms with Gasteiger partial charge in [-0.25, -0.2) is 9.97 Å². The summed E-state index contributed by atoms with van der Waals surface area (Å²) >= 11 is 1.37. The van der Waals surface area contributed by atoms with Crippen molar-refractivity contribution in [2.45, 2.75) is 25.0 Å². The van der Waals surface area contributed by atoms with E-state index in [0.717, 1.165) is 10.6 Å². The largest absolute Gasteiger partial charge is 0.393 e. The molecule has 1 amide bonds. The SMILES string of the molecule is O=C(Nc1cn(C2CC(O)C2)nc1-c1cccc(F)n1)c1csc(C2=CCN=C2)n1. The Morgan fingerprint density at radius 2 is 2.17 bits per heavy atom. The molecule has 1 fully saturated rings. The lowest BCUT2D eigenvalue weighted by Crippen LogP contribution is -2.31. The Morgan fingerprint density at radius 3 is 2.90 bits per heavy atom. The highest BCUT2D eigenvalue weighted by Crippen LogP contribution is 2.35. The molecule has 0 spiro atoms. The quantitative estimate of drug-likeness (QED) is 0.613. The average Bonchev–Trinajstić information content (AvgIpc) is 3.45. The number of pyridine rings is 1. The molecular formula is C20H17FN6O2S. The average molecular weight is 424 g/mol. The smallest absolute Gasteiger partial charge is 0.275 e. The van der Waals surface area contributed by atoms with Crippen LogP contribution in [-0.4, -0.2) is 49.6 Å². The third kappa shape index (κ3) is 3.55. The standard InChI is InChI=1S/C20H17FN6O2S/c21-17-3-1-2-14(23-17)18-15(9-27(26-18)12-6-13(28)7-12)24-19(29)16-10-30-20(25-16)11-4-5-22-8-11/h1-4,8-10,12-13,28H,5-7H2,(H,24,29). The number of halogens is 1. The van der Waals surface area contributed by atoms with E-state index in [1.165, 1.54) is 17.4 Å². The molecule has 0 atom stereocenters. The third-order valence-corrected chi connectivity index (χ3v) is 5.92. The predicted molar refractivity (Wildman–Crippen MR) is 111 cm³/mol. The van der Waals surface area contributed by atoms with E-state index in [0.29, 0.717) is 36.5 Å². The van der Waals surface area contributed by atoms with E-state index in [1.807, 2.05) is 6.08 Å². The van der Waals surface area contributed by atoms with Gasteiger partial charge in [0.05, 0.1) is 30.1 Å². The van der Waals surface area contributed by atoms with Gasteiger partial charge in [-0.2, -0.15) is 9.49 Å². The maximum Gasteiger partial charge on any atom is 0.275 e. The van der Waals surface area contributed by atoms with Crippen molar-refractivity contribution in [1.82, 2.24) is 19.7 Å². The number of aliphatic hydroxyl groups is 1. The maximum absolute atomic E-state index is 13.7. The summed E-state index contributed by atoms with van der Waals surface area (Å²) in [7, 11) is 0. The lowest BCUT2D eigenvalue weighted by molar-refractivity contribution is 0.0435. The molecule has 3 aromatic rings. The van der Waals surface area contributed by atoms with Gasteiger partial charge in [0.25, 0.3) is 5.91 Å². The van der Waals surface area contributed by atoms with Crippen molar-refractivity contribution >= 4 is 34.7 Å². The Hall–Kier alpha value is -3.24. The van der Waals surface area contributed by atoms with E-state index in [2.05, 4.69) is 25.4 Å². The van der Waals surface area contributed by atoms with Crippen molar-refractivity contribution in [1.29, 1.82) is 0 Å². The van der Waals surface area contributed by atoms with Crippen LogP contribution in [0.25, 0.3) is 17.0 Å². The predicted octanol–water partition coefficient (Wildman–Crippen LogP) is 2.96. The van der Waals surface area contributed by atoms with Crippen molar-refractivity contribution in [2.24, 2.45) is 4.99 Å². The number of aliphatic hydroxyl groups excluding tert-OH is 1. The fourth-order valence-electron chi connectivity index (χ4n) is 3.37. The van der Waals surface area contributed by atoms with Crippen LogP contribution in [0, 0.1) is 5.95 Å². The van der Waals surface area contributed by atoms with Gasteiger partial charge in [-0.3, -0.25) is 14.5 Å². The number of hydrogen-bond acceptors (Lipinski definition) is 7. The molecule has 2 N–H and O–H groups in total. The van der Waals surface area contributed by atoms with Crippen LogP contribution in [-0.2, 0) is 0 Å². The van der Waals surface area contributed by atoms with E-state index in [4.69, 9.17) is 0 Å². The van der Waals surface area contributed by atoms with Crippen LogP contribution in [0.1, 0.15) is 34.4 Å². The molecule has 0 bridgehead atoms. The summed E-state index contributed by atoms with van der Waals surface area (Å²) in [6.45, 7) is 0.621. The lowest BCUT2D eigenvalue weighted by atomic mass is 9.90. The summed E-state index contributed by atoms with van der Waals surface area (Å²) in [4.78, 5) is 25.2. The van der Waals surface area contributed by atoms with Crippen LogP contribution in [0.4, 0.5) is 10.1 Å². The molecule has 1 aliphatic heterocycles. The Bertz CT molecular complexity index is 1180. The van der Waals surface area contributed by atoms with Crippen molar-refractivity contribution in [3.05, 3.63) is 52.5 Å². The van der Waals surface area contributed by atoms with Gasteiger partial charge < -0.3 is 10.4 Å². The van der Waals surface area contributed by atoms with Crippen molar-refractivity contribution in [3.63, 3.8) is 0 Å². The number of hydrogen-bond donors (Lipinski definition) is 2. The van der Waals surface area contributed by atoms with E-state index in [1.54, 1.807) is 34.6 Å². The van der Waals surface area contributed by atoms with Crippen LogP contribution >= 0.6 is 11.3 Å². The molecule has 10 heteroatoms. The van der Waals surface area contributed by atoms with Crippen LogP contribution in [0.2, 0.25) is 0 Å². The Labute approximate surface area is 174 Å². The summed E-state index contributed by atoms with van der Waals surface area (Å²) in [5.41, 5.74) is 2.28. The molecule has 0 aromatic carbocycles. The number of allylic oxidation sites excluding steroid dienone is 1. The molecule has 2 aliphatic rings. The van der Waals surface area contributed by atoms with Crippen molar-refractivity contribution in [3.8, 4) is 11.4 Å². The fraction of sp³-hybridized carbons (Fsp3) is 0.250. The first-order valence-corrected chi connectivity index (χ1v) is 10.3. The van der Waals surface area contributed by atoms with Crippen LogP contribution in [0.3, 0.4) is 0 Å². The summed E-state index contributed by atoms with van der Waals surface area (Å²) in [5, 5.41) is 19.4. The number of anilines is 1. The number of aromatic nitrogens is 4. The first-order chi connectivity index (χ1) is 14.6. The van der Waals surface area contributed by atoms with Gasteiger partial charge in [0.15, 0.2) is 0 Å². The highest BCUT2D eigenvalue weighted by molar-refractivity contribution is 7.11. The monoisotopic (exact) mass is 424 g/mol. The number of amides is 1. The molecule has 152 valence electrons. The van der Waals surface area contributed by atoms with Gasteiger partial charge in [0.1, 0.15) is 16.4 Å². The van der Waals surface area contributed by atoms with Gasteiger partial charge in [-0.05, 0) is 25.0 Å². The zero-order valence-corrected chi connectivity index (χ0v) is 16.5. The Morgan fingerprint density at radius 1 is 1.30 bits per heavy atom. The number of carbonyl (C=O) groups is 1. The van der Waals surface area contributed by atoms with E-state index < -0.39 is 5.95 Å². The highest BCUT2D eigenvalue weighted by Gasteiger charge is 2.31. The van der Waals surface area contributed by atoms with Gasteiger partial charge in [-0.15, -0.1) is 11.3 Å². The second-order valence-electron chi connectivity index (χ2n) is 7.14. The second-order valence-corrected chi connectivity index (χ2v) is 8.00. The Balaban J connectivity index is 1.44. The Kier molecular flexibility index (Phi) is 4.72. The number of rotatable bonds is 5. The maximum atomic E-state index is 13.7. The third-order valence-electron chi connectivity index (χ3n) is 5.03. The van der Waals surface area contributed by atoms with Gasteiger partial charge in [0, 0.05) is 23.4 Å². The first-order valence-electron chi connectivity index (χ1n) is 9.44. The zero-order valence-electron chi connectivity index (χ0n) is 15.7. The molecule has 4 heterocycles. The molecule has 30 heavy (non-hydrogen) atoms. The van der Waals surface area contributed by atoms with E-state index in [-0.39, 0.29) is 23.7 Å². The van der Waals surface area contributed by atoms with E-state index >= 15 is 0 Å². The van der Waals surface area contributed by atoms with Gasteiger partial charge in [0.2, 0.25) is 5.95 Å². The molecule has 0 saturated heterocycles. The molecule has 8 nitrogen and oxygen atoms in total. The summed E-state index contributed by atoms with van der Waals surface area (Å²) in [5.74, 6) is -1.02. The number of aliphatic imine (C=N–C) groups is 1. The lowest BCUT2D eigenvalue weighted by Gasteiger charge is -2.31. The highest BCUT2D eigenvalue weighted by atomic mass is 32.1. The fourth-order valence-corrected chi connectivity index (χ4v) is 4.18. The number of nitrogens with zero attached hydrogens (tertiary/aromatic N) is 5. The van der Waals surface area contributed by atoms with Gasteiger partial charge >= 0.3 is 0 Å². The van der Waals surface area contributed by atoms with Crippen molar-refractivity contribution < 1.29 is 14.3 Å². The molecule has 5 rings (SSSR count). The molecule has 1 aliphatic carbocycles. The van der Waals surface area contributed by atoms with Crippen LogP contribution in [0.15, 0.2) is 40.8 Å². The summed E-state index contributed by atoms with van der Waals surface area (Å²) < 4.78 is 15.4. The molecule has 0 radical (unpaired) electrons. The van der Waals surface area contributed by atoms with Crippen LogP contribution < -0.4 is 5.32 Å². The van der Waals surface area contributed by atoms with Crippen molar-refractivity contribution in [2.75, 3.05) is 11.9 Å². The van der Waals surface area contributed by atoms with Crippen LogP contribution in [0.5, 0.6) is 0 Å². The zero-order chi connectivity index (χ0) is 20.7. The normalized spacial score (nSPS) is 20.1. The minimum Gasteiger partial charge on any atom is -0.393 e. The number of nitrogens with one attached hydrogen (secondary N) is 1. The minimum absolute atomic E-state index is 0.0254. The molecular weight excluding hydrogens is 407 g/mol. The molecule has 1 saturated carbocycles. The molecule has 3 aromatic heterocycles. The summed E-state index contributed by atoms with van der Waals surface area (Å²) in [6, 6.07) is 4.45. The summed E-state index contributed by atoms with van der Waals surface area (Å²) in [6.07, 6.45) is 6.19. The van der Waals surface area contributed by atoms with Gasteiger partial charge in [-0.1, -0.05) is 12.1 Å². The minimum atomic E-state index is -0.631. The number of carbonyl (C=O) groups excluding carboxylic acids is 1. The number of thiazole rings is 1. The molecule has 0 unspecified atom stereocenters. The second kappa shape index (κ2) is 7.54. The van der Waals surface area contributed by atoms with E-state index in [9.17, 15) is 14.3 Å². The first kappa shape index (κ1) is 18.8.